The van der Waals surface area contributed by atoms with Crippen molar-refractivity contribution in [3.05, 3.63) is 46.2 Å². The van der Waals surface area contributed by atoms with Crippen LogP contribution in [0.3, 0.4) is 0 Å². The lowest BCUT2D eigenvalue weighted by molar-refractivity contribution is 0.102. The van der Waals surface area contributed by atoms with E-state index in [1.54, 1.807) is 12.1 Å². The summed E-state index contributed by atoms with van der Waals surface area (Å²) >= 11 is 1.37. The summed E-state index contributed by atoms with van der Waals surface area (Å²) in [6, 6.07) is 8.05. The molecule has 23 heavy (non-hydrogen) atoms. The molecule has 4 N–H and O–H groups in total. The molecule has 0 radical (unpaired) electrons. The topological polar surface area (TPSA) is 101 Å². The maximum absolute atomic E-state index is 12.3. The summed E-state index contributed by atoms with van der Waals surface area (Å²) in [5.74, 6) is -0.235. The van der Waals surface area contributed by atoms with Crippen LogP contribution in [0.5, 0.6) is 0 Å². The summed E-state index contributed by atoms with van der Waals surface area (Å²) < 4.78 is 26.5. The Bertz CT molecular complexity index is 785. The van der Waals surface area contributed by atoms with Gasteiger partial charge in [0.25, 0.3) is 5.91 Å². The molecule has 1 heterocycles. The van der Waals surface area contributed by atoms with Gasteiger partial charge in [-0.3, -0.25) is 4.79 Å². The zero-order valence-corrected chi connectivity index (χ0v) is 14.3. The van der Waals surface area contributed by atoms with Crippen LogP contribution in [0.2, 0.25) is 0 Å². The van der Waals surface area contributed by atoms with Crippen LogP contribution in [-0.4, -0.2) is 27.4 Å². The second-order valence-electron chi connectivity index (χ2n) is 4.80. The first-order chi connectivity index (χ1) is 11.0. The minimum atomic E-state index is -3.63. The number of carbonyl (C=O) groups is 1. The van der Waals surface area contributed by atoms with E-state index in [0.29, 0.717) is 10.6 Å². The number of hydrogen-bond donors (Lipinski definition) is 3. The molecule has 0 spiro atoms. The summed E-state index contributed by atoms with van der Waals surface area (Å²) in [4.78, 5) is 13.0. The van der Waals surface area contributed by atoms with Gasteiger partial charge < -0.3 is 11.1 Å². The number of aryl methyl sites for hydroxylation is 1. The van der Waals surface area contributed by atoms with Crippen molar-refractivity contribution in [2.45, 2.75) is 18.2 Å². The molecule has 0 saturated carbocycles. The fourth-order valence-corrected chi connectivity index (χ4v) is 4.00. The fraction of sp³-hybridized carbons (Fsp3) is 0.267. The molecule has 2 aromatic rings. The molecular weight excluding hydrogens is 334 g/mol. The third kappa shape index (κ3) is 4.38. The predicted octanol–water partition coefficient (Wildman–Crippen LogP) is 1.80. The lowest BCUT2D eigenvalue weighted by atomic mass is 10.2. The molecule has 0 fully saturated rings. The predicted molar refractivity (Wildman–Crippen MR) is 92.3 cm³/mol. The van der Waals surface area contributed by atoms with Crippen molar-refractivity contribution in [2.24, 2.45) is 5.73 Å². The van der Waals surface area contributed by atoms with E-state index in [9.17, 15) is 13.2 Å². The number of nitrogens with two attached hydrogens (primary N) is 1. The van der Waals surface area contributed by atoms with Gasteiger partial charge >= 0.3 is 0 Å². The first kappa shape index (κ1) is 17.6. The molecular formula is C15H19N3O3S2. The van der Waals surface area contributed by atoms with E-state index in [2.05, 4.69) is 10.0 Å². The molecule has 1 amide bonds. The van der Waals surface area contributed by atoms with Gasteiger partial charge in [-0.1, -0.05) is 13.0 Å². The number of amides is 1. The van der Waals surface area contributed by atoms with Gasteiger partial charge in [-0.2, -0.15) is 0 Å². The average molecular weight is 353 g/mol. The number of carbonyl (C=O) groups excluding carboxylic acids is 1. The van der Waals surface area contributed by atoms with Crippen molar-refractivity contribution in [1.82, 2.24) is 4.72 Å². The van der Waals surface area contributed by atoms with E-state index in [4.69, 9.17) is 5.73 Å². The van der Waals surface area contributed by atoms with Crippen molar-refractivity contribution in [1.29, 1.82) is 0 Å². The largest absolute Gasteiger partial charge is 0.329 e. The van der Waals surface area contributed by atoms with Crippen LogP contribution in [0.1, 0.15) is 22.2 Å². The van der Waals surface area contributed by atoms with Gasteiger partial charge in [0.05, 0.1) is 9.77 Å². The Morgan fingerprint density at radius 1 is 1.30 bits per heavy atom. The van der Waals surface area contributed by atoms with Gasteiger partial charge in [0.1, 0.15) is 0 Å². The Labute approximate surface area is 139 Å². The van der Waals surface area contributed by atoms with Gasteiger partial charge in [-0.25, -0.2) is 13.1 Å². The summed E-state index contributed by atoms with van der Waals surface area (Å²) in [6.45, 7) is 2.36. The third-order valence-electron chi connectivity index (χ3n) is 3.17. The van der Waals surface area contributed by atoms with E-state index in [0.717, 1.165) is 12.0 Å². The highest BCUT2D eigenvalue weighted by Crippen LogP contribution is 2.21. The fourth-order valence-electron chi connectivity index (χ4n) is 2.02. The van der Waals surface area contributed by atoms with Crippen LogP contribution in [-0.2, 0) is 16.4 Å². The number of rotatable bonds is 7. The molecule has 8 heteroatoms. The molecule has 1 aromatic heterocycles. The lowest BCUT2D eigenvalue weighted by Crippen LogP contribution is -2.29. The van der Waals surface area contributed by atoms with E-state index in [1.165, 1.54) is 23.5 Å². The number of sulfonamides is 1. The number of nitrogens with one attached hydrogen (secondary N) is 2. The highest BCUT2D eigenvalue weighted by molar-refractivity contribution is 7.89. The van der Waals surface area contributed by atoms with E-state index in [1.807, 2.05) is 18.4 Å². The number of benzene rings is 1. The third-order valence-corrected chi connectivity index (χ3v) is 5.59. The molecule has 2 rings (SSSR count). The number of hydrogen-bond acceptors (Lipinski definition) is 5. The average Bonchev–Trinajstić information content (AvgIpc) is 3.02. The summed E-state index contributed by atoms with van der Waals surface area (Å²) in [5, 5.41) is 4.61. The number of anilines is 1. The van der Waals surface area contributed by atoms with Crippen LogP contribution in [0, 0.1) is 0 Å². The molecule has 6 nitrogen and oxygen atoms in total. The smallest absolute Gasteiger partial charge is 0.266 e. The zero-order valence-electron chi connectivity index (χ0n) is 12.7. The molecule has 0 bridgehead atoms. The Morgan fingerprint density at radius 3 is 2.78 bits per heavy atom. The molecule has 1 aromatic carbocycles. The molecule has 0 aliphatic carbocycles. The van der Waals surface area contributed by atoms with E-state index >= 15 is 0 Å². The van der Waals surface area contributed by atoms with Gasteiger partial charge in [0.15, 0.2) is 0 Å². The Kier molecular flexibility index (Phi) is 5.89. The molecule has 0 aliphatic rings. The first-order valence-electron chi connectivity index (χ1n) is 7.15. The monoisotopic (exact) mass is 353 g/mol. The Morgan fingerprint density at radius 2 is 2.09 bits per heavy atom. The summed E-state index contributed by atoms with van der Waals surface area (Å²) in [7, 11) is -3.63. The van der Waals surface area contributed by atoms with Gasteiger partial charge in [-0.05, 0) is 41.6 Å². The molecule has 0 aliphatic heterocycles. The molecule has 0 atom stereocenters. The second-order valence-corrected chi connectivity index (χ2v) is 7.48. The Hall–Kier alpha value is -1.74. The van der Waals surface area contributed by atoms with Crippen LogP contribution >= 0.6 is 11.3 Å². The van der Waals surface area contributed by atoms with Gasteiger partial charge in [-0.15, -0.1) is 11.3 Å². The molecule has 124 valence electrons. The Balaban J connectivity index is 2.19. The van der Waals surface area contributed by atoms with Gasteiger partial charge in [0.2, 0.25) is 10.0 Å². The lowest BCUT2D eigenvalue weighted by Gasteiger charge is -2.09. The van der Waals surface area contributed by atoms with Gasteiger partial charge in [0, 0.05) is 18.8 Å². The van der Waals surface area contributed by atoms with Crippen molar-refractivity contribution in [3.8, 4) is 0 Å². The van der Waals surface area contributed by atoms with E-state index in [-0.39, 0.29) is 23.9 Å². The number of thiophene rings is 1. The quantitative estimate of drug-likeness (QED) is 0.706. The minimum absolute atomic E-state index is 0.0886. The minimum Gasteiger partial charge on any atom is -0.329 e. The van der Waals surface area contributed by atoms with E-state index < -0.39 is 10.0 Å². The second kappa shape index (κ2) is 7.69. The van der Waals surface area contributed by atoms with Crippen molar-refractivity contribution >= 4 is 33.0 Å². The normalized spacial score (nSPS) is 11.4. The highest BCUT2D eigenvalue weighted by Gasteiger charge is 2.16. The summed E-state index contributed by atoms with van der Waals surface area (Å²) in [5.41, 5.74) is 6.71. The van der Waals surface area contributed by atoms with Crippen LogP contribution < -0.4 is 15.8 Å². The summed E-state index contributed by atoms with van der Waals surface area (Å²) in [6.07, 6.45) is 0.768. The van der Waals surface area contributed by atoms with Crippen LogP contribution in [0.4, 0.5) is 5.69 Å². The SMILES string of the molecule is CCc1ccsc1C(=O)Nc1cccc(S(=O)(=O)NCCN)c1. The standard InChI is InChI=1S/C15H19N3O3S2/c1-2-11-6-9-22-14(11)15(19)18-12-4-3-5-13(10-12)23(20,21)17-8-7-16/h3-6,9-10,17H,2,7-8,16H2,1H3,(H,18,19). The van der Waals surface area contributed by atoms with Crippen molar-refractivity contribution in [2.75, 3.05) is 18.4 Å². The van der Waals surface area contributed by atoms with Crippen molar-refractivity contribution < 1.29 is 13.2 Å². The van der Waals surface area contributed by atoms with Crippen molar-refractivity contribution in [3.63, 3.8) is 0 Å². The maximum Gasteiger partial charge on any atom is 0.266 e. The molecule has 0 unspecified atom stereocenters. The maximum atomic E-state index is 12.3. The highest BCUT2D eigenvalue weighted by atomic mass is 32.2. The zero-order chi connectivity index (χ0) is 16.9. The van der Waals surface area contributed by atoms with Crippen LogP contribution in [0.15, 0.2) is 40.6 Å². The molecule has 0 saturated heterocycles. The van der Waals surface area contributed by atoms with Crippen LogP contribution in [0.25, 0.3) is 0 Å². The first-order valence-corrected chi connectivity index (χ1v) is 9.51.